The SMILES string of the molecule is CCC(C)(C)C1CCC(N)(CN)CC1. The molecule has 0 aliphatic heterocycles. The van der Waals surface area contributed by atoms with Gasteiger partial charge in [0.05, 0.1) is 0 Å². The smallest absolute Gasteiger partial charge is 0.0278 e. The quantitative estimate of drug-likeness (QED) is 0.731. The third-order valence-electron chi connectivity index (χ3n) is 4.40. The number of hydrogen-bond donors (Lipinski definition) is 2. The zero-order valence-corrected chi connectivity index (χ0v) is 9.97. The largest absolute Gasteiger partial charge is 0.329 e. The zero-order valence-electron chi connectivity index (χ0n) is 9.97. The van der Waals surface area contributed by atoms with Gasteiger partial charge in [-0.15, -0.1) is 0 Å². The van der Waals surface area contributed by atoms with Gasteiger partial charge in [0.25, 0.3) is 0 Å². The van der Waals surface area contributed by atoms with Crippen LogP contribution in [-0.4, -0.2) is 12.1 Å². The molecular formula is C12H26N2. The van der Waals surface area contributed by atoms with Crippen molar-refractivity contribution in [3.05, 3.63) is 0 Å². The summed E-state index contributed by atoms with van der Waals surface area (Å²) in [6.45, 7) is 7.69. The number of rotatable bonds is 3. The summed E-state index contributed by atoms with van der Waals surface area (Å²) < 4.78 is 0. The highest BCUT2D eigenvalue weighted by molar-refractivity contribution is 4.93. The van der Waals surface area contributed by atoms with E-state index in [0.717, 1.165) is 18.8 Å². The molecule has 0 heterocycles. The summed E-state index contributed by atoms with van der Waals surface area (Å²) in [7, 11) is 0. The van der Waals surface area contributed by atoms with Gasteiger partial charge < -0.3 is 11.5 Å². The average molecular weight is 198 g/mol. The molecule has 0 unspecified atom stereocenters. The first kappa shape index (κ1) is 12.0. The second-order valence-corrected chi connectivity index (χ2v) is 5.68. The average Bonchev–Trinajstić information content (AvgIpc) is 2.19. The molecule has 0 radical (unpaired) electrons. The van der Waals surface area contributed by atoms with Gasteiger partial charge in [-0.2, -0.15) is 0 Å². The van der Waals surface area contributed by atoms with Gasteiger partial charge in [0.1, 0.15) is 0 Å². The molecule has 2 nitrogen and oxygen atoms in total. The Bertz CT molecular complexity index is 179. The van der Waals surface area contributed by atoms with Crippen LogP contribution in [-0.2, 0) is 0 Å². The van der Waals surface area contributed by atoms with Gasteiger partial charge in [-0.1, -0.05) is 27.2 Å². The normalized spacial score (nSPS) is 34.5. The standard InChI is InChI=1S/C12H26N2/c1-4-11(2,3)10-5-7-12(14,9-13)8-6-10/h10H,4-9,13-14H2,1-3H3. The van der Waals surface area contributed by atoms with Crippen LogP contribution in [0.15, 0.2) is 0 Å². The van der Waals surface area contributed by atoms with E-state index in [1.807, 2.05) is 0 Å². The van der Waals surface area contributed by atoms with Gasteiger partial charge in [0.15, 0.2) is 0 Å². The summed E-state index contributed by atoms with van der Waals surface area (Å²) in [6, 6.07) is 0. The molecule has 1 saturated carbocycles. The lowest BCUT2D eigenvalue weighted by molar-refractivity contribution is 0.118. The Morgan fingerprint density at radius 3 is 2.14 bits per heavy atom. The van der Waals surface area contributed by atoms with Gasteiger partial charge >= 0.3 is 0 Å². The van der Waals surface area contributed by atoms with Gasteiger partial charge in [-0.05, 0) is 37.0 Å². The number of nitrogens with two attached hydrogens (primary N) is 2. The molecule has 1 rings (SSSR count). The molecular weight excluding hydrogens is 172 g/mol. The van der Waals surface area contributed by atoms with Crippen LogP contribution < -0.4 is 11.5 Å². The van der Waals surface area contributed by atoms with Crippen molar-refractivity contribution in [1.82, 2.24) is 0 Å². The summed E-state index contributed by atoms with van der Waals surface area (Å²) in [5.74, 6) is 0.843. The first-order valence-electron chi connectivity index (χ1n) is 5.92. The second-order valence-electron chi connectivity index (χ2n) is 5.68. The first-order valence-corrected chi connectivity index (χ1v) is 5.92. The zero-order chi connectivity index (χ0) is 10.8. The predicted molar refractivity (Wildman–Crippen MR) is 62.0 cm³/mol. The monoisotopic (exact) mass is 198 g/mol. The third-order valence-corrected chi connectivity index (χ3v) is 4.40. The molecule has 0 atom stereocenters. The van der Waals surface area contributed by atoms with Crippen molar-refractivity contribution >= 4 is 0 Å². The summed E-state index contributed by atoms with van der Waals surface area (Å²) >= 11 is 0. The van der Waals surface area contributed by atoms with E-state index < -0.39 is 0 Å². The molecule has 1 aliphatic carbocycles. The van der Waals surface area contributed by atoms with Crippen molar-refractivity contribution < 1.29 is 0 Å². The third kappa shape index (κ3) is 2.48. The number of hydrogen-bond acceptors (Lipinski definition) is 2. The van der Waals surface area contributed by atoms with Crippen LogP contribution in [0.5, 0.6) is 0 Å². The van der Waals surface area contributed by atoms with Crippen LogP contribution in [0.4, 0.5) is 0 Å². The van der Waals surface area contributed by atoms with Crippen molar-refractivity contribution in [3.63, 3.8) is 0 Å². The highest BCUT2D eigenvalue weighted by Gasteiger charge is 2.36. The van der Waals surface area contributed by atoms with Crippen LogP contribution >= 0.6 is 0 Å². The van der Waals surface area contributed by atoms with E-state index in [4.69, 9.17) is 11.5 Å². The lowest BCUT2D eigenvalue weighted by atomic mass is 9.66. The minimum absolute atomic E-state index is 0.0552. The minimum Gasteiger partial charge on any atom is -0.329 e. The summed E-state index contributed by atoms with van der Waals surface area (Å²) in [5, 5.41) is 0. The molecule has 0 bridgehead atoms. The van der Waals surface area contributed by atoms with Crippen molar-refractivity contribution in [2.45, 2.75) is 58.4 Å². The predicted octanol–water partition coefficient (Wildman–Crippen LogP) is 2.27. The Morgan fingerprint density at radius 1 is 1.29 bits per heavy atom. The maximum Gasteiger partial charge on any atom is 0.0278 e. The fourth-order valence-corrected chi connectivity index (χ4v) is 2.47. The molecule has 1 fully saturated rings. The molecule has 84 valence electrons. The van der Waals surface area contributed by atoms with Crippen molar-refractivity contribution in [2.24, 2.45) is 22.8 Å². The fourth-order valence-electron chi connectivity index (χ4n) is 2.47. The second kappa shape index (κ2) is 4.19. The Balaban J connectivity index is 2.51. The van der Waals surface area contributed by atoms with E-state index in [9.17, 15) is 0 Å². The van der Waals surface area contributed by atoms with E-state index in [1.165, 1.54) is 19.3 Å². The van der Waals surface area contributed by atoms with E-state index in [1.54, 1.807) is 0 Å². The molecule has 0 spiro atoms. The minimum atomic E-state index is -0.0552. The van der Waals surface area contributed by atoms with E-state index in [-0.39, 0.29) is 5.54 Å². The molecule has 4 N–H and O–H groups in total. The van der Waals surface area contributed by atoms with Crippen LogP contribution in [0.2, 0.25) is 0 Å². The Morgan fingerprint density at radius 2 is 1.79 bits per heavy atom. The van der Waals surface area contributed by atoms with Gasteiger partial charge in [0.2, 0.25) is 0 Å². The molecule has 14 heavy (non-hydrogen) atoms. The van der Waals surface area contributed by atoms with Crippen LogP contribution in [0.1, 0.15) is 52.9 Å². The highest BCUT2D eigenvalue weighted by atomic mass is 14.8. The Kier molecular flexibility index (Phi) is 3.59. The molecule has 0 amide bonds. The lowest BCUT2D eigenvalue weighted by Crippen LogP contribution is -2.50. The Hall–Kier alpha value is -0.0800. The Labute approximate surface area is 88.4 Å². The van der Waals surface area contributed by atoms with E-state index in [0.29, 0.717) is 12.0 Å². The van der Waals surface area contributed by atoms with Gasteiger partial charge in [-0.3, -0.25) is 0 Å². The maximum absolute atomic E-state index is 6.18. The van der Waals surface area contributed by atoms with Crippen LogP contribution in [0, 0.1) is 11.3 Å². The molecule has 0 saturated heterocycles. The van der Waals surface area contributed by atoms with Crippen molar-refractivity contribution in [2.75, 3.05) is 6.54 Å². The van der Waals surface area contributed by atoms with Gasteiger partial charge in [0, 0.05) is 12.1 Å². The maximum atomic E-state index is 6.18. The van der Waals surface area contributed by atoms with E-state index in [2.05, 4.69) is 20.8 Å². The topological polar surface area (TPSA) is 52.0 Å². The van der Waals surface area contributed by atoms with Crippen molar-refractivity contribution in [3.8, 4) is 0 Å². The molecule has 0 aromatic heterocycles. The van der Waals surface area contributed by atoms with Crippen molar-refractivity contribution in [1.29, 1.82) is 0 Å². The summed E-state index contributed by atoms with van der Waals surface area (Å²) in [5.41, 5.74) is 12.3. The van der Waals surface area contributed by atoms with Gasteiger partial charge in [-0.25, -0.2) is 0 Å². The summed E-state index contributed by atoms with van der Waals surface area (Å²) in [4.78, 5) is 0. The molecule has 0 aromatic carbocycles. The molecule has 0 aromatic rings. The van der Waals surface area contributed by atoms with E-state index >= 15 is 0 Å². The summed E-state index contributed by atoms with van der Waals surface area (Å²) in [6.07, 6.45) is 6.00. The molecule has 2 heteroatoms. The molecule has 1 aliphatic rings. The van der Waals surface area contributed by atoms with Crippen LogP contribution in [0.25, 0.3) is 0 Å². The first-order chi connectivity index (χ1) is 6.43. The highest BCUT2D eigenvalue weighted by Crippen LogP contribution is 2.42. The lowest BCUT2D eigenvalue weighted by Gasteiger charge is -2.42. The van der Waals surface area contributed by atoms with Crippen LogP contribution in [0.3, 0.4) is 0 Å². The fraction of sp³-hybridized carbons (Fsp3) is 1.00.